The van der Waals surface area contributed by atoms with E-state index in [9.17, 15) is 18.0 Å². The highest BCUT2D eigenvalue weighted by Crippen LogP contribution is 2.30. The summed E-state index contributed by atoms with van der Waals surface area (Å²) >= 11 is 0. The fraction of sp³-hybridized carbons (Fsp3) is 0.571. The number of hydrogen-bond acceptors (Lipinski definition) is 3. The summed E-state index contributed by atoms with van der Waals surface area (Å²) in [5.41, 5.74) is -0.341. The van der Waals surface area contributed by atoms with Gasteiger partial charge >= 0.3 is 6.18 Å². The van der Waals surface area contributed by atoms with Gasteiger partial charge in [-0.1, -0.05) is 12.1 Å². The lowest BCUT2D eigenvalue weighted by Gasteiger charge is -2.38. The molecule has 0 aliphatic carbocycles. The molecule has 2 aliphatic rings. The normalized spacial score (nSPS) is 26.9. The molecule has 28 heavy (non-hydrogen) atoms. The van der Waals surface area contributed by atoms with Crippen molar-refractivity contribution >= 4 is 12.0 Å². The molecule has 0 saturated carbocycles. The monoisotopic (exact) mass is 396 g/mol. The third kappa shape index (κ3) is 5.35. The van der Waals surface area contributed by atoms with Gasteiger partial charge in [-0.25, -0.2) is 0 Å². The summed E-state index contributed by atoms with van der Waals surface area (Å²) in [6, 6.07) is 5.14. The average Bonchev–Trinajstić information content (AvgIpc) is 3.06. The highest BCUT2D eigenvalue weighted by molar-refractivity contribution is 5.92. The quantitative estimate of drug-likeness (QED) is 0.726. The van der Waals surface area contributed by atoms with E-state index in [1.165, 1.54) is 18.2 Å². The maximum atomic E-state index is 12.8. The first-order chi connectivity index (χ1) is 13.2. The number of nitrogens with zero attached hydrogens (tertiary/aromatic N) is 2. The van der Waals surface area contributed by atoms with Gasteiger partial charge in [0.2, 0.25) is 5.91 Å². The Labute approximate surface area is 163 Å². The summed E-state index contributed by atoms with van der Waals surface area (Å²) in [7, 11) is 0. The average molecular weight is 396 g/mol. The minimum atomic E-state index is -4.39. The van der Waals surface area contributed by atoms with Gasteiger partial charge in [0.05, 0.1) is 17.8 Å². The zero-order chi connectivity index (χ0) is 20.3. The first-order valence-electron chi connectivity index (χ1n) is 9.76. The van der Waals surface area contributed by atoms with E-state index in [0.29, 0.717) is 12.1 Å². The molecule has 3 atom stereocenters. The molecule has 0 spiro atoms. The lowest BCUT2D eigenvalue weighted by molar-refractivity contribution is -0.137. The molecule has 2 aliphatic heterocycles. The van der Waals surface area contributed by atoms with E-state index in [4.69, 9.17) is 4.74 Å². The van der Waals surface area contributed by atoms with Crippen LogP contribution in [0.3, 0.4) is 0 Å². The van der Waals surface area contributed by atoms with Crippen LogP contribution in [0.1, 0.15) is 37.8 Å². The van der Waals surface area contributed by atoms with Crippen LogP contribution >= 0.6 is 0 Å². The van der Waals surface area contributed by atoms with Crippen molar-refractivity contribution in [1.29, 1.82) is 0 Å². The number of halogens is 3. The highest BCUT2D eigenvalue weighted by atomic mass is 19.4. The summed E-state index contributed by atoms with van der Waals surface area (Å²) in [6.07, 6.45) is 0.710. The van der Waals surface area contributed by atoms with E-state index < -0.39 is 11.7 Å². The lowest BCUT2D eigenvalue weighted by Crippen LogP contribution is -2.50. The van der Waals surface area contributed by atoms with Crippen LogP contribution in [0.4, 0.5) is 13.2 Å². The minimum Gasteiger partial charge on any atom is -0.373 e. The van der Waals surface area contributed by atoms with E-state index in [2.05, 4.69) is 18.7 Å². The van der Waals surface area contributed by atoms with Crippen LogP contribution in [0.25, 0.3) is 6.08 Å². The molecule has 0 radical (unpaired) electrons. The molecule has 0 N–H and O–H groups in total. The van der Waals surface area contributed by atoms with Gasteiger partial charge in [-0.3, -0.25) is 9.69 Å². The molecule has 4 nitrogen and oxygen atoms in total. The second-order valence-electron chi connectivity index (χ2n) is 7.76. The van der Waals surface area contributed by atoms with E-state index >= 15 is 0 Å². The van der Waals surface area contributed by atoms with Gasteiger partial charge in [0.1, 0.15) is 0 Å². The van der Waals surface area contributed by atoms with Crippen molar-refractivity contribution in [3.8, 4) is 0 Å². The van der Waals surface area contributed by atoms with Crippen molar-refractivity contribution in [2.45, 2.75) is 51.1 Å². The Kier molecular flexibility index (Phi) is 6.45. The largest absolute Gasteiger partial charge is 0.416 e. The second kappa shape index (κ2) is 8.66. The first-order valence-corrected chi connectivity index (χ1v) is 9.76. The summed E-state index contributed by atoms with van der Waals surface area (Å²) in [5.74, 6) is -0.144. The number of likely N-dealkylation sites (tertiary alicyclic amines) is 1. The van der Waals surface area contributed by atoms with Crippen LogP contribution in [0.5, 0.6) is 0 Å². The Morgan fingerprint density at radius 1 is 1.25 bits per heavy atom. The molecule has 0 aromatic heterocycles. The number of carbonyl (C=O) groups excluding carboxylic acids is 1. The molecule has 7 heteroatoms. The first kappa shape index (κ1) is 20.9. The Morgan fingerprint density at radius 2 is 1.96 bits per heavy atom. The van der Waals surface area contributed by atoms with Crippen LogP contribution in [0, 0.1) is 0 Å². The Bertz CT molecular complexity index is 710. The molecule has 1 aromatic carbocycles. The Hall–Kier alpha value is -1.86. The molecule has 0 unspecified atom stereocenters. The van der Waals surface area contributed by atoms with Crippen molar-refractivity contribution in [1.82, 2.24) is 9.80 Å². The molecular weight excluding hydrogens is 369 g/mol. The molecule has 0 bridgehead atoms. The maximum Gasteiger partial charge on any atom is 0.416 e. The standard InChI is InChI=1S/C21H27F3N2O2/c1-15-12-25(13-16(2)28-15)14-19-7-4-10-26(19)20(27)9-8-17-5-3-6-18(11-17)21(22,23)24/h3,5-6,8-9,11,15-16,19H,4,7,10,12-14H2,1-2H3/b9-8-/t15-,16+,19-/m0/s1. The van der Waals surface area contributed by atoms with Crippen LogP contribution in [-0.4, -0.2) is 60.1 Å². The number of amides is 1. The molecule has 1 aromatic rings. The zero-order valence-corrected chi connectivity index (χ0v) is 16.3. The van der Waals surface area contributed by atoms with Gasteiger partial charge in [-0.05, 0) is 50.5 Å². The topological polar surface area (TPSA) is 32.8 Å². The summed E-state index contributed by atoms with van der Waals surface area (Å²) in [6.45, 7) is 7.30. The molecule has 2 heterocycles. The van der Waals surface area contributed by atoms with Crippen molar-refractivity contribution in [2.24, 2.45) is 0 Å². The van der Waals surface area contributed by atoms with Gasteiger partial charge in [-0.15, -0.1) is 0 Å². The summed E-state index contributed by atoms with van der Waals surface area (Å²) < 4.78 is 44.2. The zero-order valence-electron chi connectivity index (χ0n) is 16.3. The number of benzene rings is 1. The number of alkyl halides is 3. The third-order valence-corrected chi connectivity index (χ3v) is 5.26. The fourth-order valence-corrected chi connectivity index (χ4v) is 4.13. The third-order valence-electron chi connectivity index (χ3n) is 5.26. The van der Waals surface area contributed by atoms with Crippen molar-refractivity contribution in [3.63, 3.8) is 0 Å². The minimum absolute atomic E-state index is 0.135. The van der Waals surface area contributed by atoms with Gasteiger partial charge < -0.3 is 9.64 Å². The SMILES string of the molecule is C[C@@H]1CN(C[C@@H]2CCCN2C(=O)/C=C\c2cccc(C(F)(F)F)c2)C[C@H](C)O1. The van der Waals surface area contributed by atoms with Crippen LogP contribution in [0.2, 0.25) is 0 Å². The second-order valence-corrected chi connectivity index (χ2v) is 7.76. The van der Waals surface area contributed by atoms with Crippen molar-refractivity contribution in [2.75, 3.05) is 26.2 Å². The van der Waals surface area contributed by atoms with E-state index in [1.54, 1.807) is 6.07 Å². The highest BCUT2D eigenvalue weighted by Gasteiger charge is 2.32. The van der Waals surface area contributed by atoms with Crippen LogP contribution in [-0.2, 0) is 15.7 Å². The molecule has 154 valence electrons. The molecule has 1 amide bonds. The molecule has 3 rings (SSSR count). The Morgan fingerprint density at radius 3 is 2.64 bits per heavy atom. The van der Waals surface area contributed by atoms with Crippen LogP contribution < -0.4 is 0 Å². The summed E-state index contributed by atoms with van der Waals surface area (Å²) in [5, 5.41) is 0. The molecule has 2 fully saturated rings. The lowest BCUT2D eigenvalue weighted by atomic mass is 10.1. The summed E-state index contributed by atoms with van der Waals surface area (Å²) in [4.78, 5) is 16.8. The van der Waals surface area contributed by atoms with Gasteiger partial charge in [0.15, 0.2) is 0 Å². The predicted molar refractivity (Wildman–Crippen MR) is 102 cm³/mol. The number of ether oxygens (including phenoxy) is 1. The van der Waals surface area contributed by atoms with E-state index in [1.807, 2.05) is 4.90 Å². The van der Waals surface area contributed by atoms with Gasteiger partial charge in [0.25, 0.3) is 0 Å². The van der Waals surface area contributed by atoms with E-state index in [0.717, 1.165) is 44.6 Å². The smallest absolute Gasteiger partial charge is 0.373 e. The predicted octanol–water partition coefficient (Wildman–Crippen LogP) is 3.82. The molecular formula is C21H27F3N2O2. The fourth-order valence-electron chi connectivity index (χ4n) is 4.13. The van der Waals surface area contributed by atoms with Crippen molar-refractivity contribution < 1.29 is 22.7 Å². The van der Waals surface area contributed by atoms with Crippen molar-refractivity contribution in [3.05, 3.63) is 41.5 Å². The molecule has 2 saturated heterocycles. The van der Waals surface area contributed by atoms with Gasteiger partial charge in [0, 0.05) is 38.3 Å². The number of rotatable bonds is 4. The Balaban J connectivity index is 1.62. The number of morpholine rings is 1. The van der Waals surface area contributed by atoms with Gasteiger partial charge in [-0.2, -0.15) is 13.2 Å². The number of carbonyl (C=O) groups is 1. The van der Waals surface area contributed by atoms with E-state index in [-0.39, 0.29) is 24.2 Å². The van der Waals surface area contributed by atoms with Crippen LogP contribution in [0.15, 0.2) is 30.3 Å². The number of hydrogen-bond donors (Lipinski definition) is 0. The maximum absolute atomic E-state index is 12.8.